The largest absolute Gasteiger partial charge is 0.341 e. The Morgan fingerprint density at radius 2 is 1.67 bits per heavy atom. The molecule has 0 bridgehead atoms. The van der Waals surface area contributed by atoms with Crippen molar-refractivity contribution in [3.05, 3.63) is 53.0 Å². The van der Waals surface area contributed by atoms with Crippen molar-refractivity contribution in [2.75, 3.05) is 11.1 Å². The van der Waals surface area contributed by atoms with Gasteiger partial charge in [-0.3, -0.25) is 4.79 Å². The predicted octanol–water partition coefficient (Wildman–Crippen LogP) is 4.18. The number of rotatable bonds is 6. The van der Waals surface area contributed by atoms with Crippen LogP contribution in [0.5, 0.6) is 0 Å². The first-order valence-electron chi connectivity index (χ1n) is 6.59. The second-order valence-corrected chi connectivity index (χ2v) is 8.50. The minimum absolute atomic E-state index is 0.165. The summed E-state index contributed by atoms with van der Waals surface area (Å²) in [4.78, 5) is 12.3. The van der Waals surface area contributed by atoms with Crippen LogP contribution in [0.3, 0.4) is 0 Å². The van der Waals surface area contributed by atoms with E-state index in [1.807, 2.05) is 24.3 Å². The van der Waals surface area contributed by atoms with Gasteiger partial charge in [-0.05, 0) is 48.5 Å². The lowest BCUT2D eigenvalue weighted by Gasteiger charge is -2.07. The summed E-state index contributed by atoms with van der Waals surface area (Å²) >= 11 is 4.66. The van der Waals surface area contributed by atoms with Gasteiger partial charge in [-0.2, -0.15) is 8.78 Å². The number of amides is 1. The summed E-state index contributed by atoms with van der Waals surface area (Å²) in [6, 6.07) is 12.1. The minimum atomic E-state index is -4.63. The Kier molecular flexibility index (Phi) is 6.36. The quantitative estimate of drug-likeness (QED) is 0.691. The first-order chi connectivity index (χ1) is 11.3. The van der Waals surface area contributed by atoms with Gasteiger partial charge in [-0.25, -0.2) is 8.42 Å². The van der Waals surface area contributed by atoms with E-state index in [4.69, 9.17) is 0 Å². The lowest BCUT2D eigenvalue weighted by molar-refractivity contribution is -0.113. The molecule has 1 amide bonds. The average molecular weight is 436 g/mol. The molecule has 0 aliphatic rings. The maximum Gasteiger partial charge on any atom is 0.341 e. The van der Waals surface area contributed by atoms with Crippen molar-refractivity contribution in [1.29, 1.82) is 0 Å². The van der Waals surface area contributed by atoms with Crippen LogP contribution in [0.2, 0.25) is 0 Å². The van der Waals surface area contributed by atoms with E-state index < -0.39 is 20.5 Å². The van der Waals surface area contributed by atoms with E-state index in [0.29, 0.717) is 5.69 Å². The second-order valence-electron chi connectivity index (χ2n) is 4.62. The SMILES string of the molecule is O=C(CSc1ccc(Br)cc1)Nc1ccc(S(=O)(=O)C(F)F)cc1. The van der Waals surface area contributed by atoms with Crippen molar-refractivity contribution < 1.29 is 22.0 Å². The van der Waals surface area contributed by atoms with Gasteiger partial charge in [0, 0.05) is 15.1 Å². The maximum absolute atomic E-state index is 12.4. The number of nitrogens with one attached hydrogen (secondary N) is 1. The van der Waals surface area contributed by atoms with Gasteiger partial charge in [0.1, 0.15) is 0 Å². The Bertz CT molecular complexity index is 810. The molecule has 9 heteroatoms. The normalized spacial score (nSPS) is 11.5. The van der Waals surface area contributed by atoms with Crippen LogP contribution in [0.15, 0.2) is 62.8 Å². The second kappa shape index (κ2) is 8.09. The number of carbonyl (C=O) groups excluding carboxylic acids is 1. The van der Waals surface area contributed by atoms with Gasteiger partial charge in [0.2, 0.25) is 15.7 Å². The molecule has 24 heavy (non-hydrogen) atoms. The fraction of sp³-hybridized carbons (Fsp3) is 0.133. The standard InChI is InChI=1S/C15H12BrF2NO3S2/c16-10-1-5-12(6-2-10)23-9-14(20)19-11-3-7-13(8-4-11)24(21,22)15(17)18/h1-8,15H,9H2,(H,19,20). The Morgan fingerprint density at radius 1 is 1.08 bits per heavy atom. The van der Waals surface area contributed by atoms with Crippen molar-refractivity contribution in [3.63, 3.8) is 0 Å². The number of thioether (sulfide) groups is 1. The van der Waals surface area contributed by atoms with E-state index in [1.165, 1.54) is 23.9 Å². The summed E-state index contributed by atoms with van der Waals surface area (Å²) in [6.45, 7) is 0. The maximum atomic E-state index is 12.4. The Balaban J connectivity index is 1.93. The highest BCUT2D eigenvalue weighted by atomic mass is 79.9. The molecule has 0 saturated heterocycles. The molecule has 0 spiro atoms. The minimum Gasteiger partial charge on any atom is -0.325 e. The molecule has 4 nitrogen and oxygen atoms in total. The molecule has 0 heterocycles. The number of carbonyl (C=O) groups is 1. The summed E-state index contributed by atoms with van der Waals surface area (Å²) in [7, 11) is -4.63. The monoisotopic (exact) mass is 435 g/mol. The molecule has 0 saturated carbocycles. The van der Waals surface area contributed by atoms with Gasteiger partial charge in [0.25, 0.3) is 0 Å². The van der Waals surface area contributed by atoms with Gasteiger partial charge in [0.15, 0.2) is 0 Å². The Morgan fingerprint density at radius 3 is 2.21 bits per heavy atom. The molecule has 0 aliphatic carbocycles. The topological polar surface area (TPSA) is 63.2 Å². The molecule has 0 aromatic heterocycles. The van der Waals surface area contributed by atoms with Crippen molar-refractivity contribution in [2.24, 2.45) is 0 Å². The third-order valence-corrected chi connectivity index (χ3v) is 5.82. The number of alkyl halides is 2. The van der Waals surface area contributed by atoms with Crippen LogP contribution in [0, 0.1) is 0 Å². The highest BCUT2D eigenvalue weighted by Gasteiger charge is 2.26. The summed E-state index contributed by atoms with van der Waals surface area (Å²) in [5.74, 6) is -3.59. The number of hydrogen-bond acceptors (Lipinski definition) is 4. The fourth-order valence-corrected chi connectivity index (χ4v) is 3.39. The third kappa shape index (κ3) is 5.02. The van der Waals surface area contributed by atoms with E-state index in [9.17, 15) is 22.0 Å². The third-order valence-electron chi connectivity index (χ3n) is 2.88. The summed E-state index contributed by atoms with van der Waals surface area (Å²) < 4.78 is 48.4. The van der Waals surface area contributed by atoms with Gasteiger partial charge in [-0.15, -0.1) is 11.8 Å². The van der Waals surface area contributed by atoms with Crippen molar-refractivity contribution in [1.82, 2.24) is 0 Å². The molecule has 2 aromatic carbocycles. The molecule has 1 N–H and O–H groups in total. The number of hydrogen-bond donors (Lipinski definition) is 1. The van der Waals surface area contributed by atoms with Crippen LogP contribution in [0.4, 0.5) is 14.5 Å². The van der Waals surface area contributed by atoms with Crippen LogP contribution in [-0.4, -0.2) is 25.8 Å². The molecule has 2 aromatic rings. The average Bonchev–Trinajstić information content (AvgIpc) is 2.54. The highest BCUT2D eigenvalue weighted by molar-refractivity contribution is 9.10. The van der Waals surface area contributed by atoms with E-state index in [2.05, 4.69) is 21.2 Å². The van der Waals surface area contributed by atoms with Gasteiger partial charge >= 0.3 is 5.76 Å². The van der Waals surface area contributed by atoms with E-state index in [1.54, 1.807) is 0 Å². The lowest BCUT2D eigenvalue weighted by Crippen LogP contribution is -2.14. The molecule has 0 atom stereocenters. The van der Waals surface area contributed by atoms with Gasteiger partial charge < -0.3 is 5.32 Å². The Labute approximate surface area is 150 Å². The van der Waals surface area contributed by atoms with Crippen LogP contribution in [0.25, 0.3) is 0 Å². The van der Waals surface area contributed by atoms with Crippen LogP contribution in [-0.2, 0) is 14.6 Å². The van der Waals surface area contributed by atoms with Crippen LogP contribution >= 0.6 is 27.7 Å². The molecule has 128 valence electrons. The molecule has 0 fully saturated rings. The van der Waals surface area contributed by atoms with E-state index in [-0.39, 0.29) is 11.7 Å². The summed E-state index contributed by atoms with van der Waals surface area (Å²) in [6.07, 6.45) is 0. The summed E-state index contributed by atoms with van der Waals surface area (Å²) in [5, 5.41) is 2.58. The number of sulfone groups is 1. The fourth-order valence-electron chi connectivity index (χ4n) is 1.71. The predicted molar refractivity (Wildman–Crippen MR) is 93.1 cm³/mol. The zero-order chi connectivity index (χ0) is 17.7. The van der Waals surface area contributed by atoms with E-state index in [0.717, 1.165) is 21.5 Å². The highest BCUT2D eigenvalue weighted by Crippen LogP contribution is 2.22. The first kappa shape index (κ1) is 18.9. The van der Waals surface area contributed by atoms with Crippen LogP contribution < -0.4 is 5.32 Å². The molecule has 0 unspecified atom stereocenters. The number of anilines is 1. The van der Waals surface area contributed by atoms with Gasteiger partial charge in [-0.1, -0.05) is 15.9 Å². The molecule has 0 radical (unpaired) electrons. The molecule has 0 aliphatic heterocycles. The molecule has 2 rings (SSSR count). The van der Waals surface area contributed by atoms with Crippen molar-refractivity contribution in [3.8, 4) is 0 Å². The number of benzene rings is 2. The smallest absolute Gasteiger partial charge is 0.325 e. The van der Waals surface area contributed by atoms with Crippen molar-refractivity contribution >= 4 is 49.1 Å². The lowest BCUT2D eigenvalue weighted by atomic mass is 10.3. The molecular weight excluding hydrogens is 424 g/mol. The first-order valence-corrected chi connectivity index (χ1v) is 9.92. The van der Waals surface area contributed by atoms with Crippen LogP contribution in [0.1, 0.15) is 0 Å². The summed E-state index contributed by atoms with van der Waals surface area (Å²) in [5.41, 5.74) is 0.338. The Hall–Kier alpha value is -1.45. The zero-order valence-corrected chi connectivity index (χ0v) is 15.3. The van der Waals surface area contributed by atoms with Gasteiger partial charge in [0.05, 0.1) is 10.6 Å². The van der Waals surface area contributed by atoms with E-state index >= 15 is 0 Å². The molecular formula is C15H12BrF2NO3S2. The number of halogens is 3. The van der Waals surface area contributed by atoms with Crippen molar-refractivity contribution in [2.45, 2.75) is 15.5 Å². The zero-order valence-electron chi connectivity index (χ0n) is 12.1.